The number of fused-ring (bicyclic) bond motifs is 2. The molecule has 2 heteroatoms. The van der Waals surface area contributed by atoms with E-state index in [-0.39, 0.29) is 0 Å². The highest BCUT2D eigenvalue weighted by molar-refractivity contribution is 6.20. The van der Waals surface area contributed by atoms with Crippen molar-refractivity contribution in [2.75, 3.05) is 0 Å². The molecule has 0 N–H and O–H groups in total. The Morgan fingerprint density at radius 2 is 0.727 bits per heavy atom. The van der Waals surface area contributed by atoms with Crippen molar-refractivity contribution in [3.63, 3.8) is 0 Å². The zero-order chi connectivity index (χ0) is 24.1. The molecule has 0 bridgehead atoms. The van der Waals surface area contributed by atoms with Crippen LogP contribution in [0, 0.1) is 0 Å². The smallest absolute Gasteiger partial charge is 0.135 e. The van der Waals surface area contributed by atoms with Gasteiger partial charge in [-0.2, -0.15) is 0 Å². The molecule has 2 nitrogen and oxygen atoms in total. The third-order valence-corrected chi connectivity index (χ3v) is 5.47. The number of rotatable bonds is 7. The molecule has 0 aliphatic heterocycles. The minimum atomic E-state index is 0.629. The first-order chi connectivity index (χ1) is 16.1. The fourth-order valence-corrected chi connectivity index (χ4v) is 4.29. The van der Waals surface area contributed by atoms with Crippen molar-refractivity contribution >= 4 is 46.6 Å². The molecule has 0 amide bonds. The summed E-state index contributed by atoms with van der Waals surface area (Å²) in [5.74, 6) is 2.55. The maximum Gasteiger partial charge on any atom is 0.135 e. The van der Waals surface area contributed by atoms with Gasteiger partial charge in [-0.25, -0.2) is 0 Å². The summed E-state index contributed by atoms with van der Waals surface area (Å²) >= 11 is 0. The van der Waals surface area contributed by atoms with Gasteiger partial charge in [0.25, 0.3) is 0 Å². The summed E-state index contributed by atoms with van der Waals surface area (Å²) in [6.45, 7) is 29.8. The Labute approximate surface area is 196 Å². The van der Waals surface area contributed by atoms with Gasteiger partial charge in [0.2, 0.25) is 0 Å². The number of furan rings is 2. The van der Waals surface area contributed by atoms with E-state index in [0.29, 0.717) is 23.0 Å². The molecule has 1 aliphatic carbocycles. The molecule has 0 radical (unpaired) electrons. The summed E-state index contributed by atoms with van der Waals surface area (Å²) in [4.78, 5) is 0. The third-order valence-electron chi connectivity index (χ3n) is 5.47. The fraction of sp³-hybridized carbons (Fsp3) is 0.0323. The molecule has 0 aromatic carbocycles. The fourth-order valence-electron chi connectivity index (χ4n) is 4.29. The van der Waals surface area contributed by atoms with Gasteiger partial charge in [0, 0.05) is 22.3 Å². The van der Waals surface area contributed by atoms with Gasteiger partial charge in [-0.05, 0) is 53.5 Å². The molecule has 3 rings (SSSR count). The predicted octanol–water partition coefficient (Wildman–Crippen LogP) is 9.27. The number of hydrogen-bond acceptors (Lipinski definition) is 2. The predicted molar refractivity (Wildman–Crippen MR) is 146 cm³/mol. The Balaban J connectivity index is 2.73. The first-order valence-corrected chi connectivity index (χ1v) is 10.6. The lowest BCUT2D eigenvalue weighted by Gasteiger charge is -2.23. The van der Waals surface area contributed by atoms with E-state index in [2.05, 4.69) is 52.1 Å². The van der Waals surface area contributed by atoms with Crippen molar-refractivity contribution in [2.24, 2.45) is 0 Å². The Kier molecular flexibility index (Phi) is 7.00. The summed E-state index contributed by atoms with van der Waals surface area (Å²) in [5, 5.41) is 0. The maximum absolute atomic E-state index is 6.21. The van der Waals surface area contributed by atoms with Crippen LogP contribution in [0.4, 0.5) is 0 Å². The monoisotopic (exact) mass is 432 g/mol. The van der Waals surface area contributed by atoms with Crippen LogP contribution in [0.25, 0.3) is 46.6 Å². The Hall–Kier alpha value is -4.30. The molecule has 0 spiro atoms. The summed E-state index contributed by atoms with van der Waals surface area (Å²) in [5.41, 5.74) is 7.20. The molecular formula is C31H28O2. The molecule has 164 valence electrons. The van der Waals surface area contributed by atoms with Crippen molar-refractivity contribution in [3.8, 4) is 0 Å². The van der Waals surface area contributed by atoms with E-state index in [9.17, 15) is 0 Å². The molecule has 0 fully saturated rings. The second kappa shape index (κ2) is 9.88. The van der Waals surface area contributed by atoms with Gasteiger partial charge in [0.1, 0.15) is 23.0 Å². The van der Waals surface area contributed by atoms with E-state index in [1.165, 1.54) is 0 Å². The molecule has 2 aromatic heterocycles. The molecule has 0 atom stereocenters. The summed E-state index contributed by atoms with van der Waals surface area (Å²) in [6, 6.07) is 0. The van der Waals surface area contributed by atoms with Gasteiger partial charge in [-0.15, -0.1) is 0 Å². The van der Waals surface area contributed by atoms with Crippen LogP contribution in [0.3, 0.4) is 0 Å². The van der Waals surface area contributed by atoms with Crippen LogP contribution in [-0.4, -0.2) is 0 Å². The largest absolute Gasteiger partial charge is 0.456 e. The highest BCUT2D eigenvalue weighted by atomic mass is 16.3. The Morgan fingerprint density at radius 1 is 0.455 bits per heavy atom. The van der Waals surface area contributed by atoms with Crippen molar-refractivity contribution in [2.45, 2.75) is 6.92 Å². The lowest BCUT2D eigenvalue weighted by Crippen LogP contribution is -2.05. The normalized spacial score (nSPS) is 17.7. The Morgan fingerprint density at radius 3 is 0.970 bits per heavy atom. The maximum atomic E-state index is 6.21. The molecule has 0 saturated heterocycles. The molecule has 0 saturated carbocycles. The van der Waals surface area contributed by atoms with E-state index in [0.717, 1.165) is 44.5 Å². The second-order valence-corrected chi connectivity index (χ2v) is 7.13. The van der Waals surface area contributed by atoms with Gasteiger partial charge in [0.15, 0.2) is 0 Å². The van der Waals surface area contributed by atoms with Gasteiger partial charge in [0.05, 0.1) is 0 Å². The average molecular weight is 433 g/mol. The van der Waals surface area contributed by atoms with Gasteiger partial charge >= 0.3 is 0 Å². The molecular weight excluding hydrogens is 404 g/mol. The van der Waals surface area contributed by atoms with Crippen molar-refractivity contribution in [1.82, 2.24) is 0 Å². The minimum Gasteiger partial charge on any atom is -0.456 e. The van der Waals surface area contributed by atoms with Gasteiger partial charge < -0.3 is 8.83 Å². The average Bonchev–Trinajstić information content (AvgIpc) is 3.38. The molecule has 33 heavy (non-hydrogen) atoms. The van der Waals surface area contributed by atoms with Crippen LogP contribution in [0.1, 0.15) is 52.2 Å². The van der Waals surface area contributed by atoms with Crippen LogP contribution in [0.15, 0.2) is 97.4 Å². The Bertz CT molecular complexity index is 1320. The highest BCUT2D eigenvalue weighted by Crippen LogP contribution is 2.52. The van der Waals surface area contributed by atoms with Gasteiger partial charge in [-0.3, -0.25) is 0 Å². The third kappa shape index (κ3) is 3.66. The van der Waals surface area contributed by atoms with E-state index in [1.807, 2.05) is 25.2 Å². The zero-order valence-corrected chi connectivity index (χ0v) is 19.1. The second-order valence-electron chi connectivity index (χ2n) is 7.13. The van der Waals surface area contributed by atoms with Gasteiger partial charge in [-0.1, -0.05) is 88.6 Å². The van der Waals surface area contributed by atoms with Crippen molar-refractivity contribution in [3.05, 3.63) is 134 Å². The van der Waals surface area contributed by atoms with Crippen LogP contribution >= 0.6 is 0 Å². The van der Waals surface area contributed by atoms with Crippen molar-refractivity contribution < 1.29 is 8.83 Å². The van der Waals surface area contributed by atoms with Crippen LogP contribution < -0.4 is 0 Å². The topological polar surface area (TPSA) is 26.3 Å². The van der Waals surface area contributed by atoms with E-state index in [1.54, 1.807) is 42.5 Å². The first-order valence-electron chi connectivity index (χ1n) is 10.6. The lowest BCUT2D eigenvalue weighted by molar-refractivity contribution is 0.545. The summed E-state index contributed by atoms with van der Waals surface area (Å²) in [7, 11) is 0. The minimum absolute atomic E-state index is 0.629. The first kappa shape index (κ1) is 23.4. The zero-order valence-electron chi connectivity index (χ0n) is 19.1. The SMILES string of the molecule is C=C/C=C1/C(=C/C=C)c2c(C=C)oc(C=C)c2C(=C\C=C)/C(=C/C)c2c(C=C)oc(C=C)c21. The molecule has 0 unspecified atom stereocenters. The van der Waals surface area contributed by atoms with Crippen molar-refractivity contribution in [1.29, 1.82) is 0 Å². The molecule has 2 heterocycles. The van der Waals surface area contributed by atoms with E-state index < -0.39 is 0 Å². The van der Waals surface area contributed by atoms with Crippen LogP contribution in [-0.2, 0) is 0 Å². The number of hydrogen-bond donors (Lipinski definition) is 0. The number of allylic oxidation sites excluding steroid dienone is 11. The lowest BCUT2D eigenvalue weighted by atomic mass is 9.77. The van der Waals surface area contributed by atoms with E-state index in [4.69, 9.17) is 8.83 Å². The standard InChI is InChI=1S/C31H28O2/c1-9-17-21-20(12-4)28-24(13-5)32-26(15-7)30(28)22(18-10-2)23(19-11-3)31-27(16-8)33-25(14-6)29(21)31/h9-19H,1-3,5-8H2,4H3/b20-12-,21-17-,22-18-,23-19-. The van der Waals surface area contributed by atoms with Crippen LogP contribution in [0.5, 0.6) is 0 Å². The van der Waals surface area contributed by atoms with Crippen LogP contribution in [0.2, 0.25) is 0 Å². The summed E-state index contributed by atoms with van der Waals surface area (Å²) < 4.78 is 12.4. The van der Waals surface area contributed by atoms with E-state index >= 15 is 0 Å². The molecule has 1 aliphatic rings. The quantitative estimate of drug-likeness (QED) is 0.436. The summed E-state index contributed by atoms with van der Waals surface area (Å²) in [6.07, 6.45) is 20.0. The molecule has 2 aromatic rings. The highest BCUT2D eigenvalue weighted by Gasteiger charge is 2.34.